The molecule has 1 aromatic rings. The topological polar surface area (TPSA) is 41.1 Å². The first kappa shape index (κ1) is 11.1. The number of hydrogen-bond donors (Lipinski definition) is 1. The normalized spacial score (nSPS) is 26.7. The number of nitrogens with zero attached hydrogens (tertiary/aromatic N) is 3. The van der Waals surface area contributed by atoms with Crippen molar-refractivity contribution in [3.63, 3.8) is 0 Å². The van der Waals surface area contributed by atoms with Crippen LogP contribution in [0.15, 0.2) is 12.5 Å². The van der Waals surface area contributed by atoms with Crippen LogP contribution >= 0.6 is 22.6 Å². The highest BCUT2D eigenvalue weighted by molar-refractivity contribution is 14.1. The maximum absolute atomic E-state index is 4.37. The van der Waals surface area contributed by atoms with E-state index < -0.39 is 0 Å². The van der Waals surface area contributed by atoms with Crippen molar-refractivity contribution in [2.75, 3.05) is 18.0 Å². The van der Waals surface area contributed by atoms with E-state index >= 15 is 0 Å². The minimum Gasteiger partial charge on any atom is -0.350 e. The SMILES string of the molecule is CC1CN(c2ncncc2I)C(C)CN1. The van der Waals surface area contributed by atoms with Crippen LogP contribution in [0.25, 0.3) is 0 Å². The molecule has 5 heteroatoms. The van der Waals surface area contributed by atoms with Crippen molar-refractivity contribution in [1.29, 1.82) is 0 Å². The van der Waals surface area contributed by atoms with Crippen LogP contribution in [0.4, 0.5) is 5.82 Å². The molecule has 0 bridgehead atoms. The van der Waals surface area contributed by atoms with Gasteiger partial charge in [-0.05, 0) is 36.4 Å². The van der Waals surface area contributed by atoms with Gasteiger partial charge in [-0.3, -0.25) is 0 Å². The smallest absolute Gasteiger partial charge is 0.145 e. The minimum absolute atomic E-state index is 0.490. The summed E-state index contributed by atoms with van der Waals surface area (Å²) < 4.78 is 1.12. The van der Waals surface area contributed by atoms with Gasteiger partial charge < -0.3 is 10.2 Å². The van der Waals surface area contributed by atoms with E-state index in [4.69, 9.17) is 0 Å². The van der Waals surface area contributed by atoms with E-state index in [1.165, 1.54) is 0 Å². The van der Waals surface area contributed by atoms with Gasteiger partial charge in [0, 0.05) is 31.4 Å². The Kier molecular flexibility index (Phi) is 3.40. The molecule has 0 saturated carbocycles. The molecule has 1 saturated heterocycles. The molecule has 0 radical (unpaired) electrons. The van der Waals surface area contributed by atoms with Gasteiger partial charge >= 0.3 is 0 Å². The quantitative estimate of drug-likeness (QED) is 0.792. The third kappa shape index (κ3) is 2.39. The van der Waals surface area contributed by atoms with Gasteiger partial charge in [0.05, 0.1) is 3.57 Å². The third-order valence-electron chi connectivity index (χ3n) is 2.68. The first-order valence-corrected chi connectivity index (χ1v) is 6.22. The molecule has 0 aliphatic carbocycles. The summed E-state index contributed by atoms with van der Waals surface area (Å²) in [5.41, 5.74) is 0. The Morgan fingerprint density at radius 2 is 2.33 bits per heavy atom. The Bertz CT molecular complexity index is 344. The fourth-order valence-corrected chi connectivity index (χ4v) is 2.44. The summed E-state index contributed by atoms with van der Waals surface area (Å²) in [7, 11) is 0. The lowest BCUT2D eigenvalue weighted by molar-refractivity contribution is 0.422. The van der Waals surface area contributed by atoms with E-state index in [2.05, 4.69) is 56.6 Å². The van der Waals surface area contributed by atoms with Crippen LogP contribution in [-0.4, -0.2) is 35.1 Å². The zero-order valence-corrected chi connectivity index (χ0v) is 11.1. The Morgan fingerprint density at radius 3 is 3.07 bits per heavy atom. The van der Waals surface area contributed by atoms with Gasteiger partial charge in [0.15, 0.2) is 0 Å². The summed E-state index contributed by atoms with van der Waals surface area (Å²) in [5.74, 6) is 1.06. The number of rotatable bonds is 1. The molecule has 0 spiro atoms. The standard InChI is InChI=1S/C10H15IN4/c1-7-5-15(8(2)3-13-7)10-9(11)4-12-6-14-10/h4,6-8,13H,3,5H2,1-2H3. The van der Waals surface area contributed by atoms with Crippen LogP contribution < -0.4 is 10.2 Å². The molecule has 0 aromatic carbocycles. The molecule has 2 heterocycles. The van der Waals surface area contributed by atoms with Crippen LogP contribution in [0.1, 0.15) is 13.8 Å². The van der Waals surface area contributed by atoms with E-state index in [1.54, 1.807) is 6.33 Å². The molecule has 2 unspecified atom stereocenters. The third-order valence-corrected chi connectivity index (χ3v) is 3.45. The second-order valence-electron chi connectivity index (χ2n) is 4.00. The summed E-state index contributed by atoms with van der Waals surface area (Å²) in [6, 6.07) is 1.01. The number of anilines is 1. The van der Waals surface area contributed by atoms with Crippen molar-refractivity contribution in [1.82, 2.24) is 15.3 Å². The van der Waals surface area contributed by atoms with Crippen molar-refractivity contribution in [3.8, 4) is 0 Å². The Morgan fingerprint density at radius 1 is 1.53 bits per heavy atom. The fraction of sp³-hybridized carbons (Fsp3) is 0.600. The monoisotopic (exact) mass is 318 g/mol. The van der Waals surface area contributed by atoms with E-state index in [0.717, 1.165) is 22.5 Å². The van der Waals surface area contributed by atoms with Gasteiger partial charge in [-0.2, -0.15) is 0 Å². The Hall–Kier alpha value is -0.430. The van der Waals surface area contributed by atoms with Crippen molar-refractivity contribution < 1.29 is 0 Å². The van der Waals surface area contributed by atoms with Crippen molar-refractivity contribution >= 4 is 28.4 Å². The summed E-state index contributed by atoms with van der Waals surface area (Å²) in [5, 5.41) is 3.46. The Balaban J connectivity index is 2.25. The largest absolute Gasteiger partial charge is 0.350 e. The predicted molar refractivity (Wildman–Crippen MR) is 69.0 cm³/mol. The van der Waals surface area contributed by atoms with Crippen LogP contribution in [-0.2, 0) is 0 Å². The minimum atomic E-state index is 0.490. The van der Waals surface area contributed by atoms with E-state index in [1.807, 2.05) is 6.20 Å². The number of aromatic nitrogens is 2. The average Bonchev–Trinajstić information content (AvgIpc) is 2.23. The van der Waals surface area contributed by atoms with Crippen molar-refractivity contribution in [2.24, 2.45) is 0 Å². The highest BCUT2D eigenvalue weighted by atomic mass is 127. The zero-order valence-electron chi connectivity index (χ0n) is 8.94. The Labute approximate surface area is 104 Å². The van der Waals surface area contributed by atoms with Gasteiger partial charge in [-0.25, -0.2) is 9.97 Å². The lowest BCUT2D eigenvalue weighted by Gasteiger charge is -2.38. The number of piperazine rings is 1. The van der Waals surface area contributed by atoms with Crippen molar-refractivity contribution in [3.05, 3.63) is 16.1 Å². The van der Waals surface area contributed by atoms with E-state index in [0.29, 0.717) is 12.1 Å². The van der Waals surface area contributed by atoms with Gasteiger partial charge in [0.25, 0.3) is 0 Å². The number of nitrogens with one attached hydrogen (secondary N) is 1. The highest BCUT2D eigenvalue weighted by Gasteiger charge is 2.24. The second-order valence-corrected chi connectivity index (χ2v) is 5.17. The molecule has 4 nitrogen and oxygen atoms in total. The molecule has 82 valence electrons. The van der Waals surface area contributed by atoms with Crippen LogP contribution in [0.5, 0.6) is 0 Å². The highest BCUT2D eigenvalue weighted by Crippen LogP contribution is 2.22. The maximum Gasteiger partial charge on any atom is 0.145 e. The molecule has 1 aliphatic rings. The van der Waals surface area contributed by atoms with E-state index in [-0.39, 0.29) is 0 Å². The summed E-state index contributed by atoms with van der Waals surface area (Å²) in [6.07, 6.45) is 3.49. The van der Waals surface area contributed by atoms with Gasteiger partial charge in [-0.15, -0.1) is 0 Å². The molecular formula is C10H15IN4. The lowest BCUT2D eigenvalue weighted by atomic mass is 10.1. The van der Waals surface area contributed by atoms with Gasteiger partial charge in [0.1, 0.15) is 12.1 Å². The van der Waals surface area contributed by atoms with Crippen LogP contribution in [0.2, 0.25) is 0 Å². The predicted octanol–water partition coefficient (Wildman–Crippen LogP) is 1.27. The maximum atomic E-state index is 4.37. The first-order valence-electron chi connectivity index (χ1n) is 5.14. The van der Waals surface area contributed by atoms with Gasteiger partial charge in [-0.1, -0.05) is 0 Å². The average molecular weight is 318 g/mol. The molecule has 15 heavy (non-hydrogen) atoms. The van der Waals surface area contributed by atoms with Crippen LogP contribution in [0, 0.1) is 3.57 Å². The first-order chi connectivity index (χ1) is 7.18. The van der Waals surface area contributed by atoms with Crippen LogP contribution in [0.3, 0.4) is 0 Å². The zero-order chi connectivity index (χ0) is 10.8. The van der Waals surface area contributed by atoms with E-state index in [9.17, 15) is 0 Å². The fourth-order valence-electron chi connectivity index (χ4n) is 1.83. The summed E-state index contributed by atoms with van der Waals surface area (Å²) in [6.45, 7) is 6.44. The molecule has 2 rings (SSSR count). The number of hydrogen-bond acceptors (Lipinski definition) is 4. The van der Waals surface area contributed by atoms with Crippen molar-refractivity contribution in [2.45, 2.75) is 25.9 Å². The molecule has 1 aliphatic heterocycles. The number of halogens is 1. The second kappa shape index (κ2) is 4.61. The molecule has 0 amide bonds. The molecule has 1 N–H and O–H groups in total. The molecular weight excluding hydrogens is 303 g/mol. The molecule has 1 fully saturated rings. The molecule has 2 atom stereocenters. The summed E-state index contributed by atoms with van der Waals surface area (Å²) in [4.78, 5) is 10.7. The summed E-state index contributed by atoms with van der Waals surface area (Å²) >= 11 is 2.29. The lowest BCUT2D eigenvalue weighted by Crippen LogP contribution is -2.55. The molecule has 1 aromatic heterocycles. The van der Waals surface area contributed by atoms with Gasteiger partial charge in [0.2, 0.25) is 0 Å².